The number of aliphatic hydroxyl groups excluding tert-OH is 1. The number of fused-ring (bicyclic) bond motifs is 1. The summed E-state index contributed by atoms with van der Waals surface area (Å²) in [5.41, 5.74) is 1.00. The Balaban J connectivity index is 2.26. The van der Waals surface area contributed by atoms with E-state index < -0.39 is 0 Å². The molecule has 0 saturated carbocycles. The summed E-state index contributed by atoms with van der Waals surface area (Å²) >= 11 is 5.09. The first-order valence-corrected chi connectivity index (χ1v) is 6.90. The minimum atomic E-state index is -0.302. The number of benzene rings is 1. The minimum absolute atomic E-state index is 0.277. The van der Waals surface area contributed by atoms with Crippen molar-refractivity contribution in [1.82, 2.24) is 4.98 Å². The lowest BCUT2D eigenvalue weighted by atomic mass is 10.1. The van der Waals surface area contributed by atoms with Crippen molar-refractivity contribution in [3.63, 3.8) is 0 Å². The average molecular weight is 300 g/mol. The Morgan fingerprint density at radius 2 is 2.19 bits per heavy atom. The molecule has 0 amide bonds. The van der Waals surface area contributed by atoms with Crippen LogP contribution >= 0.6 is 27.3 Å². The third kappa shape index (κ3) is 2.62. The number of halogens is 1. The second-order valence-electron chi connectivity index (χ2n) is 4.24. The molecule has 2 rings (SSSR count). The van der Waals surface area contributed by atoms with Crippen molar-refractivity contribution in [1.29, 1.82) is 0 Å². The summed E-state index contributed by atoms with van der Waals surface area (Å²) in [5, 5.41) is 10.8. The third-order valence-corrected chi connectivity index (χ3v) is 4.10. The van der Waals surface area contributed by atoms with Crippen LogP contribution in [0, 0.1) is 5.92 Å². The van der Waals surface area contributed by atoms with Crippen LogP contribution in [0.2, 0.25) is 0 Å². The number of hydrogen-bond donors (Lipinski definition) is 1. The van der Waals surface area contributed by atoms with E-state index in [9.17, 15) is 5.11 Å². The smallest absolute Gasteiger partial charge is 0.0964 e. The molecule has 0 bridgehead atoms. The van der Waals surface area contributed by atoms with Gasteiger partial charge in [0, 0.05) is 10.9 Å². The van der Waals surface area contributed by atoms with Crippen LogP contribution in [0.5, 0.6) is 0 Å². The van der Waals surface area contributed by atoms with E-state index >= 15 is 0 Å². The fourth-order valence-corrected chi connectivity index (χ4v) is 2.80. The summed E-state index contributed by atoms with van der Waals surface area (Å²) in [7, 11) is 0. The minimum Gasteiger partial charge on any atom is -0.392 e. The molecule has 0 spiro atoms. The van der Waals surface area contributed by atoms with Crippen LogP contribution in [0.15, 0.2) is 22.7 Å². The van der Waals surface area contributed by atoms with Crippen LogP contribution in [0.1, 0.15) is 18.9 Å². The highest BCUT2D eigenvalue weighted by atomic mass is 79.9. The number of nitrogens with zero attached hydrogens (tertiary/aromatic N) is 1. The monoisotopic (exact) mass is 299 g/mol. The van der Waals surface area contributed by atoms with Gasteiger partial charge < -0.3 is 5.11 Å². The second-order valence-corrected chi connectivity index (χ2v) is 6.27. The van der Waals surface area contributed by atoms with E-state index in [1.807, 2.05) is 26.0 Å². The van der Waals surface area contributed by atoms with Gasteiger partial charge in [-0.25, -0.2) is 4.98 Å². The Labute approximate surface area is 107 Å². The van der Waals surface area contributed by atoms with Crippen LogP contribution in [0.3, 0.4) is 0 Å². The van der Waals surface area contributed by atoms with Gasteiger partial charge >= 0.3 is 0 Å². The van der Waals surface area contributed by atoms with Crippen molar-refractivity contribution in [2.75, 3.05) is 0 Å². The highest BCUT2D eigenvalue weighted by molar-refractivity contribution is 9.10. The molecular formula is C12H14BrNOS. The predicted molar refractivity (Wildman–Crippen MR) is 71.9 cm³/mol. The molecule has 1 atom stereocenters. The summed E-state index contributed by atoms with van der Waals surface area (Å²) in [5.74, 6) is 0.277. The van der Waals surface area contributed by atoms with E-state index in [0.717, 1.165) is 15.0 Å². The quantitative estimate of drug-likeness (QED) is 0.939. The normalized spacial score (nSPS) is 13.6. The first kappa shape index (κ1) is 12.0. The Morgan fingerprint density at radius 1 is 1.44 bits per heavy atom. The van der Waals surface area contributed by atoms with E-state index in [-0.39, 0.29) is 12.0 Å². The maximum atomic E-state index is 9.82. The van der Waals surface area contributed by atoms with Gasteiger partial charge in [0.1, 0.15) is 0 Å². The summed E-state index contributed by atoms with van der Waals surface area (Å²) in [6.45, 7) is 4.04. The van der Waals surface area contributed by atoms with Gasteiger partial charge in [0.15, 0.2) is 0 Å². The van der Waals surface area contributed by atoms with E-state index in [2.05, 4.69) is 27.0 Å². The zero-order valence-corrected chi connectivity index (χ0v) is 11.7. The molecule has 0 saturated heterocycles. The lowest BCUT2D eigenvalue weighted by molar-refractivity contribution is 0.125. The fraction of sp³-hybridized carbons (Fsp3) is 0.417. The lowest BCUT2D eigenvalue weighted by Crippen LogP contribution is -2.17. The fourth-order valence-electron chi connectivity index (χ4n) is 1.45. The Bertz CT molecular complexity index is 495. The number of hydrogen-bond acceptors (Lipinski definition) is 3. The van der Waals surface area contributed by atoms with E-state index in [4.69, 9.17) is 0 Å². The molecule has 1 heterocycles. The van der Waals surface area contributed by atoms with Gasteiger partial charge in [0.2, 0.25) is 0 Å². The summed E-state index contributed by atoms with van der Waals surface area (Å²) in [6, 6.07) is 6.09. The first-order chi connectivity index (χ1) is 7.56. The van der Waals surface area contributed by atoms with Crippen LogP contribution in [0.25, 0.3) is 10.2 Å². The summed E-state index contributed by atoms with van der Waals surface area (Å²) < 4.78 is 2.22. The third-order valence-electron chi connectivity index (χ3n) is 2.55. The van der Waals surface area contributed by atoms with E-state index in [1.165, 1.54) is 4.70 Å². The van der Waals surface area contributed by atoms with E-state index in [1.54, 1.807) is 11.3 Å². The molecule has 2 nitrogen and oxygen atoms in total. The van der Waals surface area contributed by atoms with Crippen molar-refractivity contribution in [3.8, 4) is 0 Å². The number of aromatic nitrogens is 1. The molecule has 0 aliphatic carbocycles. The molecule has 16 heavy (non-hydrogen) atoms. The molecule has 0 aliphatic rings. The topological polar surface area (TPSA) is 33.1 Å². The molecule has 1 N–H and O–H groups in total. The van der Waals surface area contributed by atoms with Gasteiger partial charge in [-0.05, 0) is 24.1 Å². The average Bonchev–Trinajstić information content (AvgIpc) is 2.58. The van der Waals surface area contributed by atoms with Crippen molar-refractivity contribution in [3.05, 3.63) is 27.7 Å². The first-order valence-electron chi connectivity index (χ1n) is 5.29. The molecule has 86 valence electrons. The maximum Gasteiger partial charge on any atom is 0.0964 e. The second kappa shape index (κ2) is 4.82. The molecule has 4 heteroatoms. The highest BCUT2D eigenvalue weighted by Gasteiger charge is 2.13. The Hall–Kier alpha value is -0.450. The molecule has 1 unspecified atom stereocenters. The lowest BCUT2D eigenvalue weighted by Gasteiger charge is -2.11. The van der Waals surface area contributed by atoms with Gasteiger partial charge in [0.25, 0.3) is 0 Å². The molecule has 0 fully saturated rings. The van der Waals surface area contributed by atoms with Crippen LogP contribution in [-0.4, -0.2) is 16.2 Å². The largest absolute Gasteiger partial charge is 0.392 e. The van der Waals surface area contributed by atoms with Crippen molar-refractivity contribution in [2.45, 2.75) is 26.4 Å². The number of aliphatic hydroxyl groups is 1. The zero-order valence-electron chi connectivity index (χ0n) is 9.27. The van der Waals surface area contributed by atoms with Crippen LogP contribution < -0.4 is 0 Å². The van der Waals surface area contributed by atoms with Gasteiger partial charge in [0.05, 0.1) is 21.3 Å². The molecule has 0 aliphatic heterocycles. The number of thiazole rings is 1. The van der Waals surface area contributed by atoms with E-state index in [0.29, 0.717) is 6.42 Å². The summed E-state index contributed by atoms with van der Waals surface area (Å²) in [4.78, 5) is 4.52. The van der Waals surface area contributed by atoms with Crippen molar-refractivity contribution < 1.29 is 5.11 Å². The van der Waals surface area contributed by atoms with Crippen LogP contribution in [0.4, 0.5) is 0 Å². The molecule has 2 aromatic rings. The highest BCUT2D eigenvalue weighted by Crippen LogP contribution is 2.26. The van der Waals surface area contributed by atoms with Gasteiger partial charge in [-0.2, -0.15) is 0 Å². The molecule has 1 aromatic heterocycles. The van der Waals surface area contributed by atoms with Gasteiger partial charge in [-0.1, -0.05) is 29.8 Å². The van der Waals surface area contributed by atoms with Crippen molar-refractivity contribution in [2.24, 2.45) is 5.92 Å². The predicted octanol–water partition coefficient (Wildman–Crippen LogP) is 3.62. The van der Waals surface area contributed by atoms with Crippen molar-refractivity contribution >= 4 is 37.5 Å². The SMILES string of the molecule is CC(C)C(O)Cc1nc2cc(Br)ccc2s1. The van der Waals surface area contributed by atoms with Crippen LogP contribution in [-0.2, 0) is 6.42 Å². The molecule has 1 aromatic carbocycles. The maximum absolute atomic E-state index is 9.82. The zero-order chi connectivity index (χ0) is 11.7. The Kier molecular flexibility index (Phi) is 3.62. The van der Waals surface area contributed by atoms with Gasteiger partial charge in [-0.15, -0.1) is 11.3 Å². The Morgan fingerprint density at radius 3 is 2.88 bits per heavy atom. The summed E-state index contributed by atoms with van der Waals surface area (Å²) in [6.07, 6.45) is 0.346. The molecule has 0 radical (unpaired) electrons. The standard InChI is InChI=1S/C12H14BrNOS/c1-7(2)10(15)6-12-14-9-5-8(13)3-4-11(9)16-12/h3-5,7,10,15H,6H2,1-2H3. The number of rotatable bonds is 3. The van der Waals surface area contributed by atoms with Gasteiger partial charge in [-0.3, -0.25) is 0 Å². The molecular weight excluding hydrogens is 286 g/mol.